The summed E-state index contributed by atoms with van der Waals surface area (Å²) in [5, 5.41) is 10.8. The molecule has 3 aromatic rings. The predicted molar refractivity (Wildman–Crippen MR) is 111 cm³/mol. The molecule has 2 aromatic carbocycles. The molecule has 29 heavy (non-hydrogen) atoms. The third-order valence-electron chi connectivity index (χ3n) is 5.75. The molecule has 1 aliphatic rings. The van der Waals surface area contributed by atoms with E-state index >= 15 is 0 Å². The molecule has 1 aromatic heterocycles. The van der Waals surface area contributed by atoms with Crippen LogP contribution in [0.25, 0.3) is 11.0 Å². The molecule has 1 atom stereocenters. The molecule has 1 saturated heterocycles. The molecule has 2 heterocycles. The van der Waals surface area contributed by atoms with Crippen molar-refractivity contribution < 1.29 is 19.0 Å². The van der Waals surface area contributed by atoms with E-state index in [2.05, 4.69) is 4.90 Å². The van der Waals surface area contributed by atoms with E-state index in [1.165, 1.54) is 0 Å². The summed E-state index contributed by atoms with van der Waals surface area (Å²) >= 11 is 0. The van der Waals surface area contributed by atoms with Crippen molar-refractivity contribution in [3.8, 4) is 17.2 Å². The first-order valence-electron chi connectivity index (χ1n) is 9.73. The van der Waals surface area contributed by atoms with E-state index in [4.69, 9.17) is 13.9 Å². The minimum absolute atomic E-state index is 0.123. The Morgan fingerprint density at radius 1 is 1.17 bits per heavy atom. The highest BCUT2D eigenvalue weighted by Crippen LogP contribution is 2.40. The molecule has 0 saturated carbocycles. The first-order chi connectivity index (χ1) is 14.0. The van der Waals surface area contributed by atoms with E-state index in [1.54, 1.807) is 33.3 Å². The third-order valence-corrected chi connectivity index (χ3v) is 5.75. The maximum Gasteiger partial charge on any atom is 0.336 e. The van der Waals surface area contributed by atoms with Gasteiger partial charge in [-0.3, -0.25) is 4.90 Å². The van der Waals surface area contributed by atoms with E-state index in [0.717, 1.165) is 47.4 Å². The second kappa shape index (κ2) is 7.79. The number of hydrogen-bond acceptors (Lipinski definition) is 6. The zero-order valence-corrected chi connectivity index (χ0v) is 16.9. The van der Waals surface area contributed by atoms with Crippen molar-refractivity contribution >= 4 is 11.0 Å². The lowest BCUT2D eigenvalue weighted by atomic mass is 10.0. The number of aryl methyl sites for hydroxylation is 1. The van der Waals surface area contributed by atoms with Crippen LogP contribution < -0.4 is 15.1 Å². The van der Waals surface area contributed by atoms with Crippen molar-refractivity contribution in [2.45, 2.75) is 32.4 Å². The van der Waals surface area contributed by atoms with Gasteiger partial charge in [0.25, 0.3) is 0 Å². The van der Waals surface area contributed by atoms with Gasteiger partial charge in [-0.15, -0.1) is 0 Å². The normalized spacial score (nSPS) is 17.0. The average molecular weight is 395 g/mol. The van der Waals surface area contributed by atoms with Gasteiger partial charge in [-0.05, 0) is 62.2 Å². The summed E-state index contributed by atoms with van der Waals surface area (Å²) in [6.45, 7) is 3.28. The third kappa shape index (κ3) is 3.56. The fourth-order valence-electron chi connectivity index (χ4n) is 4.23. The number of fused-ring (bicyclic) bond motifs is 1. The van der Waals surface area contributed by atoms with Gasteiger partial charge in [0.15, 0.2) is 0 Å². The smallest absolute Gasteiger partial charge is 0.336 e. The average Bonchev–Trinajstić information content (AvgIpc) is 3.18. The summed E-state index contributed by atoms with van der Waals surface area (Å²) in [4.78, 5) is 14.5. The highest BCUT2D eigenvalue weighted by atomic mass is 16.5. The van der Waals surface area contributed by atoms with Gasteiger partial charge in [0.1, 0.15) is 22.8 Å². The van der Waals surface area contributed by atoms with Crippen LogP contribution in [0.3, 0.4) is 0 Å². The Morgan fingerprint density at radius 3 is 2.76 bits per heavy atom. The molecule has 0 aliphatic carbocycles. The SMILES string of the molecule is COc1ccc(OC)c(C2CCCN2Cc2cc(=O)oc3c(C)c(O)ccc23)c1. The van der Waals surface area contributed by atoms with E-state index in [0.29, 0.717) is 17.7 Å². The Bertz CT molecular complexity index is 1100. The molecule has 1 aliphatic heterocycles. The second-order valence-electron chi connectivity index (χ2n) is 7.41. The molecule has 6 heteroatoms. The van der Waals surface area contributed by atoms with Crippen molar-refractivity contribution in [3.05, 3.63) is 63.5 Å². The molecule has 0 bridgehead atoms. The number of benzene rings is 2. The number of methoxy groups -OCH3 is 2. The lowest BCUT2D eigenvalue weighted by Crippen LogP contribution is -2.24. The number of nitrogens with zero attached hydrogens (tertiary/aromatic N) is 1. The molecular formula is C23H25NO5. The molecular weight excluding hydrogens is 370 g/mol. The highest BCUT2D eigenvalue weighted by Gasteiger charge is 2.29. The summed E-state index contributed by atoms with van der Waals surface area (Å²) in [7, 11) is 3.33. The van der Waals surface area contributed by atoms with Gasteiger partial charge in [0.2, 0.25) is 0 Å². The van der Waals surface area contributed by atoms with Gasteiger partial charge in [0.05, 0.1) is 14.2 Å². The summed E-state index contributed by atoms with van der Waals surface area (Å²) in [5.74, 6) is 1.75. The van der Waals surface area contributed by atoms with Crippen molar-refractivity contribution in [2.24, 2.45) is 0 Å². The number of rotatable bonds is 5. The Labute approximate surface area is 169 Å². The van der Waals surface area contributed by atoms with Gasteiger partial charge in [-0.2, -0.15) is 0 Å². The monoisotopic (exact) mass is 395 g/mol. The fourth-order valence-corrected chi connectivity index (χ4v) is 4.23. The van der Waals surface area contributed by atoms with E-state index in [9.17, 15) is 9.90 Å². The molecule has 0 amide bonds. The summed E-state index contributed by atoms with van der Waals surface area (Å²) in [6.07, 6.45) is 2.06. The van der Waals surface area contributed by atoms with Crippen LogP contribution in [0.5, 0.6) is 17.2 Å². The Hall–Kier alpha value is -2.99. The van der Waals surface area contributed by atoms with Crippen LogP contribution in [0.15, 0.2) is 45.6 Å². The van der Waals surface area contributed by atoms with E-state index in [1.807, 2.05) is 24.3 Å². The predicted octanol–water partition coefficient (Wildman–Crippen LogP) is 4.16. The molecule has 1 fully saturated rings. The Balaban J connectivity index is 1.74. The van der Waals surface area contributed by atoms with Crippen LogP contribution >= 0.6 is 0 Å². The highest BCUT2D eigenvalue weighted by molar-refractivity contribution is 5.84. The summed E-state index contributed by atoms with van der Waals surface area (Å²) in [5.41, 5.74) is 2.60. The van der Waals surface area contributed by atoms with Crippen molar-refractivity contribution in [1.29, 1.82) is 0 Å². The van der Waals surface area contributed by atoms with Gasteiger partial charge in [-0.1, -0.05) is 0 Å². The van der Waals surface area contributed by atoms with Crippen LogP contribution in [0.4, 0.5) is 0 Å². The Morgan fingerprint density at radius 2 is 2.00 bits per heavy atom. The topological polar surface area (TPSA) is 72.1 Å². The second-order valence-corrected chi connectivity index (χ2v) is 7.41. The molecule has 6 nitrogen and oxygen atoms in total. The molecule has 1 unspecified atom stereocenters. The number of phenols is 1. The van der Waals surface area contributed by atoms with Crippen LogP contribution in [-0.2, 0) is 6.54 Å². The minimum atomic E-state index is -0.407. The maximum absolute atomic E-state index is 12.2. The largest absolute Gasteiger partial charge is 0.508 e. The maximum atomic E-state index is 12.2. The Kier molecular flexibility index (Phi) is 5.20. The zero-order chi connectivity index (χ0) is 20.5. The lowest BCUT2D eigenvalue weighted by molar-refractivity contribution is 0.242. The zero-order valence-electron chi connectivity index (χ0n) is 16.9. The number of phenolic OH excluding ortho intramolecular Hbond substituents is 1. The molecule has 0 spiro atoms. The van der Waals surface area contributed by atoms with Crippen molar-refractivity contribution in [1.82, 2.24) is 4.90 Å². The first-order valence-corrected chi connectivity index (χ1v) is 9.73. The minimum Gasteiger partial charge on any atom is -0.508 e. The van der Waals surface area contributed by atoms with E-state index < -0.39 is 5.63 Å². The number of ether oxygens (including phenoxy) is 2. The van der Waals surface area contributed by atoms with Gasteiger partial charge in [0, 0.05) is 35.2 Å². The van der Waals surface area contributed by atoms with Gasteiger partial charge < -0.3 is 19.0 Å². The van der Waals surface area contributed by atoms with Crippen molar-refractivity contribution in [3.63, 3.8) is 0 Å². The molecule has 4 rings (SSSR count). The van der Waals surface area contributed by atoms with Crippen LogP contribution in [0.1, 0.15) is 35.6 Å². The summed E-state index contributed by atoms with van der Waals surface area (Å²) in [6, 6.07) is 11.0. The number of likely N-dealkylation sites (tertiary alicyclic amines) is 1. The van der Waals surface area contributed by atoms with E-state index in [-0.39, 0.29) is 11.8 Å². The van der Waals surface area contributed by atoms with Gasteiger partial charge >= 0.3 is 5.63 Å². The van der Waals surface area contributed by atoms with Crippen molar-refractivity contribution in [2.75, 3.05) is 20.8 Å². The number of hydrogen-bond donors (Lipinski definition) is 1. The lowest BCUT2D eigenvalue weighted by Gasteiger charge is -2.27. The first kappa shape index (κ1) is 19.3. The fraction of sp³-hybridized carbons (Fsp3) is 0.348. The van der Waals surface area contributed by atoms with Crippen LogP contribution in [-0.4, -0.2) is 30.8 Å². The quantitative estimate of drug-likeness (QED) is 0.654. The number of aromatic hydroxyl groups is 1. The molecule has 1 N–H and O–H groups in total. The van der Waals surface area contributed by atoms with Crippen LogP contribution in [0, 0.1) is 6.92 Å². The summed E-state index contributed by atoms with van der Waals surface area (Å²) < 4.78 is 16.4. The van der Waals surface area contributed by atoms with Crippen LogP contribution in [0.2, 0.25) is 0 Å². The standard InChI is InChI=1S/C23H25NO5/c1-14-20(25)8-7-17-15(11-22(26)29-23(14)17)13-24-10-4-5-19(24)18-12-16(27-2)6-9-21(18)28-3/h6-9,11-12,19,25H,4-5,10,13H2,1-3H3. The van der Waals surface area contributed by atoms with Gasteiger partial charge in [-0.25, -0.2) is 4.79 Å². The molecule has 0 radical (unpaired) electrons. The molecule has 152 valence electrons.